The van der Waals surface area contributed by atoms with E-state index in [1.54, 1.807) is 30.3 Å². The molecule has 0 aliphatic rings. The minimum Gasteiger partial charge on any atom is -0.434 e. The van der Waals surface area contributed by atoms with Gasteiger partial charge in [-0.05, 0) is 18.2 Å². The van der Waals surface area contributed by atoms with Gasteiger partial charge in [0.2, 0.25) is 0 Å². The fourth-order valence-electron chi connectivity index (χ4n) is 2.23. The molecule has 0 aliphatic heterocycles. The lowest BCUT2D eigenvalue weighted by molar-refractivity contribution is -0.0504. The number of alkyl halides is 2. The van der Waals surface area contributed by atoms with Gasteiger partial charge in [0, 0.05) is 17.5 Å². The normalized spacial score (nSPS) is 11.0. The highest BCUT2D eigenvalue weighted by Crippen LogP contribution is 2.24. The summed E-state index contributed by atoms with van der Waals surface area (Å²) in [6, 6.07) is 11.0. The van der Waals surface area contributed by atoms with E-state index in [0.717, 1.165) is 0 Å². The first-order chi connectivity index (χ1) is 11.1. The summed E-state index contributed by atoms with van der Waals surface area (Å²) < 4.78 is 43.0. The quantitative estimate of drug-likeness (QED) is 0.772. The second kappa shape index (κ2) is 6.51. The van der Waals surface area contributed by atoms with Crippen LogP contribution >= 0.6 is 0 Å². The Hall–Kier alpha value is -2.83. The van der Waals surface area contributed by atoms with Gasteiger partial charge in [-0.2, -0.15) is 8.78 Å². The number of benzene rings is 2. The molecule has 0 atom stereocenters. The Morgan fingerprint density at radius 3 is 2.70 bits per heavy atom. The molecule has 23 heavy (non-hydrogen) atoms. The van der Waals surface area contributed by atoms with Crippen LogP contribution in [0.5, 0.6) is 5.75 Å². The molecule has 0 saturated carbocycles. The van der Waals surface area contributed by atoms with E-state index in [1.807, 2.05) is 0 Å². The molecular formula is C16H12F3N3O. The molecule has 0 aliphatic carbocycles. The van der Waals surface area contributed by atoms with Crippen molar-refractivity contribution in [3.63, 3.8) is 0 Å². The fourth-order valence-corrected chi connectivity index (χ4v) is 2.23. The van der Waals surface area contributed by atoms with Gasteiger partial charge in [0.15, 0.2) is 0 Å². The van der Waals surface area contributed by atoms with Crippen molar-refractivity contribution >= 4 is 16.7 Å². The van der Waals surface area contributed by atoms with E-state index in [9.17, 15) is 13.2 Å². The molecule has 0 spiro atoms. The first-order valence-electron chi connectivity index (χ1n) is 6.81. The van der Waals surface area contributed by atoms with Gasteiger partial charge in [-0.3, -0.25) is 0 Å². The van der Waals surface area contributed by atoms with Crippen molar-refractivity contribution in [3.05, 3.63) is 60.2 Å². The van der Waals surface area contributed by atoms with Crippen molar-refractivity contribution in [1.29, 1.82) is 0 Å². The number of para-hydroxylation sites is 2. The predicted molar refractivity (Wildman–Crippen MR) is 79.9 cm³/mol. The zero-order valence-electron chi connectivity index (χ0n) is 11.8. The van der Waals surface area contributed by atoms with Crippen molar-refractivity contribution in [3.8, 4) is 5.75 Å². The van der Waals surface area contributed by atoms with Crippen LogP contribution in [-0.2, 0) is 6.54 Å². The van der Waals surface area contributed by atoms with Gasteiger partial charge in [-0.1, -0.05) is 24.3 Å². The average molecular weight is 319 g/mol. The van der Waals surface area contributed by atoms with Crippen molar-refractivity contribution in [1.82, 2.24) is 9.97 Å². The second-order valence-corrected chi connectivity index (χ2v) is 4.70. The molecular weight excluding hydrogens is 307 g/mol. The summed E-state index contributed by atoms with van der Waals surface area (Å²) >= 11 is 0. The van der Waals surface area contributed by atoms with Crippen LogP contribution in [-0.4, -0.2) is 16.6 Å². The topological polar surface area (TPSA) is 47.0 Å². The van der Waals surface area contributed by atoms with Gasteiger partial charge >= 0.3 is 6.61 Å². The van der Waals surface area contributed by atoms with Crippen LogP contribution in [0.4, 0.5) is 19.0 Å². The molecule has 0 radical (unpaired) electrons. The molecule has 1 aromatic heterocycles. The van der Waals surface area contributed by atoms with Crippen LogP contribution < -0.4 is 10.1 Å². The van der Waals surface area contributed by atoms with E-state index in [0.29, 0.717) is 16.8 Å². The summed E-state index contributed by atoms with van der Waals surface area (Å²) in [5.41, 5.74) is 0.734. The highest BCUT2D eigenvalue weighted by molar-refractivity contribution is 5.89. The van der Waals surface area contributed by atoms with Crippen LogP contribution in [0.15, 0.2) is 48.8 Å². The number of ether oxygens (including phenoxy) is 1. The summed E-state index contributed by atoms with van der Waals surface area (Å²) in [6.45, 7) is -2.70. The Bertz CT molecular complexity index is 827. The molecule has 7 heteroatoms. The van der Waals surface area contributed by atoms with E-state index in [2.05, 4.69) is 20.0 Å². The van der Waals surface area contributed by atoms with Gasteiger partial charge in [-0.25, -0.2) is 14.4 Å². The van der Waals surface area contributed by atoms with Gasteiger partial charge in [-0.15, -0.1) is 0 Å². The van der Waals surface area contributed by atoms with E-state index < -0.39 is 12.4 Å². The van der Waals surface area contributed by atoms with E-state index in [1.165, 1.54) is 18.5 Å². The molecule has 118 valence electrons. The number of hydrogen-bond donors (Lipinski definition) is 1. The molecule has 0 amide bonds. The summed E-state index contributed by atoms with van der Waals surface area (Å²) in [5.74, 6) is 0.0512. The molecule has 1 heterocycles. The van der Waals surface area contributed by atoms with Crippen molar-refractivity contribution < 1.29 is 17.9 Å². The van der Waals surface area contributed by atoms with Crippen LogP contribution in [0.25, 0.3) is 10.9 Å². The van der Waals surface area contributed by atoms with E-state index in [-0.39, 0.29) is 17.8 Å². The third-order valence-electron chi connectivity index (χ3n) is 3.25. The maximum absolute atomic E-state index is 13.7. The number of anilines is 1. The number of aromatic nitrogens is 2. The number of fused-ring (bicyclic) bond motifs is 1. The molecule has 3 rings (SSSR count). The molecule has 0 saturated heterocycles. The highest BCUT2D eigenvalue weighted by Gasteiger charge is 2.11. The van der Waals surface area contributed by atoms with E-state index in [4.69, 9.17) is 0 Å². The lowest BCUT2D eigenvalue weighted by atomic mass is 10.2. The lowest BCUT2D eigenvalue weighted by Crippen LogP contribution is -2.08. The zero-order valence-corrected chi connectivity index (χ0v) is 11.8. The third-order valence-corrected chi connectivity index (χ3v) is 3.25. The van der Waals surface area contributed by atoms with Crippen LogP contribution in [0, 0.1) is 5.82 Å². The maximum atomic E-state index is 13.7. The predicted octanol–water partition coefficient (Wildman–Crippen LogP) is 3.98. The van der Waals surface area contributed by atoms with Gasteiger partial charge in [0.25, 0.3) is 0 Å². The van der Waals surface area contributed by atoms with Gasteiger partial charge in [0.1, 0.15) is 29.2 Å². The average Bonchev–Trinajstić information content (AvgIpc) is 2.54. The number of hydrogen-bond acceptors (Lipinski definition) is 4. The summed E-state index contributed by atoms with van der Waals surface area (Å²) in [7, 11) is 0. The van der Waals surface area contributed by atoms with E-state index >= 15 is 0 Å². The molecule has 0 unspecified atom stereocenters. The first-order valence-corrected chi connectivity index (χ1v) is 6.81. The molecule has 0 fully saturated rings. The number of rotatable bonds is 5. The molecule has 0 bridgehead atoms. The van der Waals surface area contributed by atoms with Crippen molar-refractivity contribution in [2.45, 2.75) is 13.2 Å². The van der Waals surface area contributed by atoms with Crippen LogP contribution in [0.1, 0.15) is 5.56 Å². The largest absolute Gasteiger partial charge is 0.434 e. The Labute approximate surface area is 129 Å². The Balaban J connectivity index is 1.86. The Morgan fingerprint density at radius 1 is 1.04 bits per heavy atom. The maximum Gasteiger partial charge on any atom is 0.387 e. The fraction of sp³-hybridized carbons (Fsp3) is 0.125. The SMILES string of the molecule is Fc1cccc2c(NCc3ccccc3OC(F)F)ncnc12. The van der Waals surface area contributed by atoms with Crippen molar-refractivity contribution in [2.75, 3.05) is 5.32 Å². The van der Waals surface area contributed by atoms with Gasteiger partial charge in [0.05, 0.1) is 0 Å². The zero-order chi connectivity index (χ0) is 16.2. The number of halogens is 3. The molecule has 1 N–H and O–H groups in total. The summed E-state index contributed by atoms with van der Waals surface area (Å²) in [6.07, 6.45) is 1.25. The Kier molecular flexibility index (Phi) is 4.27. The number of nitrogens with zero attached hydrogens (tertiary/aromatic N) is 2. The Morgan fingerprint density at radius 2 is 1.87 bits per heavy atom. The minimum atomic E-state index is -2.90. The molecule has 2 aromatic carbocycles. The third kappa shape index (κ3) is 3.33. The highest BCUT2D eigenvalue weighted by atomic mass is 19.3. The van der Waals surface area contributed by atoms with Crippen molar-refractivity contribution in [2.24, 2.45) is 0 Å². The molecule has 4 nitrogen and oxygen atoms in total. The van der Waals surface area contributed by atoms with Crippen LogP contribution in [0.3, 0.4) is 0 Å². The lowest BCUT2D eigenvalue weighted by Gasteiger charge is -2.12. The minimum absolute atomic E-state index is 0.0829. The summed E-state index contributed by atoms with van der Waals surface area (Å²) in [4.78, 5) is 7.98. The summed E-state index contributed by atoms with van der Waals surface area (Å²) in [5, 5.41) is 3.52. The molecule has 3 aromatic rings. The standard InChI is InChI=1S/C16H12F3N3O/c17-12-6-3-5-11-14(12)21-9-22-15(11)20-8-10-4-1-2-7-13(10)23-16(18)19/h1-7,9,16H,8H2,(H,20,21,22). The first kappa shape index (κ1) is 15.1. The number of nitrogens with one attached hydrogen (secondary N) is 1. The second-order valence-electron chi connectivity index (χ2n) is 4.70. The van der Waals surface area contributed by atoms with Gasteiger partial charge < -0.3 is 10.1 Å². The monoisotopic (exact) mass is 319 g/mol. The van der Waals surface area contributed by atoms with Crippen LogP contribution in [0.2, 0.25) is 0 Å². The smallest absolute Gasteiger partial charge is 0.387 e.